The number of pyridine rings is 1. The number of rotatable bonds is 5. The summed E-state index contributed by atoms with van der Waals surface area (Å²) in [6, 6.07) is 12.4. The highest BCUT2D eigenvalue weighted by Gasteiger charge is 2.24. The van der Waals surface area contributed by atoms with Crippen molar-refractivity contribution in [1.82, 2.24) is 10.3 Å². The molecule has 1 aromatic heterocycles. The van der Waals surface area contributed by atoms with Gasteiger partial charge in [0.05, 0.1) is 11.9 Å². The molecule has 0 bridgehead atoms. The van der Waals surface area contributed by atoms with Crippen LogP contribution in [-0.2, 0) is 6.54 Å². The average molecular weight is 281 g/mol. The van der Waals surface area contributed by atoms with Gasteiger partial charge in [-0.1, -0.05) is 29.8 Å². The number of benzene rings is 1. The summed E-state index contributed by atoms with van der Waals surface area (Å²) in [4.78, 5) is 16.0. The van der Waals surface area contributed by atoms with Crippen LogP contribution < -0.4 is 10.6 Å². The lowest BCUT2D eigenvalue weighted by Crippen LogP contribution is -2.26. The Labute approximate surface area is 124 Å². The Hall–Kier alpha value is -2.36. The molecule has 21 heavy (non-hydrogen) atoms. The standard InChI is InChI=1S/C17H19N3O/c1-12-2-4-13(5-3-12)10-18-15-8-9-16(19-11-15)17(21)20-14-6-7-14/h2-5,8-9,11,14,18H,6-7,10H2,1H3,(H,20,21). The van der Waals surface area contributed by atoms with E-state index < -0.39 is 0 Å². The van der Waals surface area contributed by atoms with Gasteiger partial charge in [-0.15, -0.1) is 0 Å². The van der Waals surface area contributed by atoms with Gasteiger partial charge < -0.3 is 10.6 Å². The molecule has 1 amide bonds. The summed E-state index contributed by atoms with van der Waals surface area (Å²) in [7, 11) is 0. The van der Waals surface area contributed by atoms with Crippen LogP contribution in [0.15, 0.2) is 42.6 Å². The van der Waals surface area contributed by atoms with Gasteiger partial charge in [0.2, 0.25) is 0 Å². The van der Waals surface area contributed by atoms with E-state index in [0.717, 1.165) is 25.1 Å². The number of carbonyl (C=O) groups is 1. The molecule has 0 unspecified atom stereocenters. The summed E-state index contributed by atoms with van der Waals surface area (Å²) in [6.45, 7) is 2.82. The minimum absolute atomic E-state index is 0.0809. The molecular formula is C17H19N3O. The Balaban J connectivity index is 1.56. The van der Waals surface area contributed by atoms with Crippen LogP contribution in [0.25, 0.3) is 0 Å². The van der Waals surface area contributed by atoms with Gasteiger partial charge in [0.1, 0.15) is 5.69 Å². The minimum atomic E-state index is -0.0809. The maximum atomic E-state index is 11.8. The van der Waals surface area contributed by atoms with Crippen LogP contribution in [0, 0.1) is 6.92 Å². The van der Waals surface area contributed by atoms with Gasteiger partial charge in [0.25, 0.3) is 5.91 Å². The number of nitrogens with one attached hydrogen (secondary N) is 2. The molecule has 1 saturated carbocycles. The Morgan fingerprint density at radius 3 is 2.57 bits per heavy atom. The summed E-state index contributed by atoms with van der Waals surface area (Å²) in [5.41, 5.74) is 3.86. The van der Waals surface area contributed by atoms with Gasteiger partial charge >= 0.3 is 0 Å². The summed E-state index contributed by atoms with van der Waals surface area (Å²) in [6.07, 6.45) is 3.87. The van der Waals surface area contributed by atoms with Crippen LogP contribution in [0.4, 0.5) is 5.69 Å². The number of carbonyl (C=O) groups excluding carboxylic acids is 1. The maximum Gasteiger partial charge on any atom is 0.270 e. The Morgan fingerprint density at radius 1 is 1.19 bits per heavy atom. The van der Waals surface area contributed by atoms with Crippen LogP contribution in [0.3, 0.4) is 0 Å². The zero-order valence-electron chi connectivity index (χ0n) is 12.1. The largest absolute Gasteiger partial charge is 0.380 e. The first-order chi connectivity index (χ1) is 10.2. The van der Waals surface area contributed by atoms with Crippen molar-refractivity contribution in [2.24, 2.45) is 0 Å². The number of hydrogen-bond acceptors (Lipinski definition) is 3. The third-order valence-electron chi connectivity index (χ3n) is 3.53. The molecule has 4 nitrogen and oxygen atoms in total. The third kappa shape index (κ3) is 3.81. The highest BCUT2D eigenvalue weighted by Crippen LogP contribution is 2.19. The van der Waals surface area contributed by atoms with Gasteiger partial charge in [0.15, 0.2) is 0 Å². The minimum Gasteiger partial charge on any atom is -0.380 e. The van der Waals surface area contributed by atoms with E-state index in [2.05, 4.69) is 46.8 Å². The lowest BCUT2D eigenvalue weighted by atomic mass is 10.1. The average Bonchev–Trinajstić information content (AvgIpc) is 3.31. The first-order valence-corrected chi connectivity index (χ1v) is 7.27. The predicted octanol–water partition coefficient (Wildman–Crippen LogP) is 2.89. The van der Waals surface area contributed by atoms with Gasteiger partial charge in [-0.25, -0.2) is 4.98 Å². The second-order valence-electron chi connectivity index (χ2n) is 5.52. The van der Waals surface area contributed by atoms with Crippen molar-refractivity contribution in [2.45, 2.75) is 32.4 Å². The summed E-state index contributed by atoms with van der Waals surface area (Å²) in [5, 5.41) is 6.24. The predicted molar refractivity (Wildman–Crippen MR) is 83.2 cm³/mol. The van der Waals surface area contributed by atoms with Crippen molar-refractivity contribution < 1.29 is 4.79 Å². The molecule has 1 heterocycles. The fraction of sp³-hybridized carbons (Fsp3) is 0.294. The molecule has 3 rings (SSSR count). The molecule has 1 aliphatic carbocycles. The molecular weight excluding hydrogens is 262 g/mol. The van der Waals surface area contributed by atoms with Crippen molar-refractivity contribution >= 4 is 11.6 Å². The van der Waals surface area contributed by atoms with Gasteiger partial charge in [-0.2, -0.15) is 0 Å². The van der Waals surface area contributed by atoms with E-state index >= 15 is 0 Å². The zero-order chi connectivity index (χ0) is 14.7. The quantitative estimate of drug-likeness (QED) is 0.886. The summed E-state index contributed by atoms with van der Waals surface area (Å²) < 4.78 is 0. The third-order valence-corrected chi connectivity index (χ3v) is 3.53. The SMILES string of the molecule is Cc1ccc(CNc2ccc(C(=O)NC3CC3)nc2)cc1. The van der Waals surface area contributed by atoms with Gasteiger partial charge in [0, 0.05) is 12.6 Å². The number of hydrogen-bond donors (Lipinski definition) is 2. The lowest BCUT2D eigenvalue weighted by Gasteiger charge is -2.07. The summed E-state index contributed by atoms with van der Waals surface area (Å²) in [5.74, 6) is -0.0809. The highest BCUT2D eigenvalue weighted by atomic mass is 16.2. The van der Waals surface area contributed by atoms with E-state index in [-0.39, 0.29) is 5.91 Å². The Kier molecular flexibility index (Phi) is 3.86. The van der Waals surface area contributed by atoms with E-state index in [1.807, 2.05) is 6.07 Å². The smallest absolute Gasteiger partial charge is 0.270 e. The fourth-order valence-corrected chi connectivity index (χ4v) is 2.03. The van der Waals surface area contributed by atoms with E-state index in [1.165, 1.54) is 11.1 Å². The van der Waals surface area contributed by atoms with Crippen molar-refractivity contribution in [2.75, 3.05) is 5.32 Å². The zero-order valence-corrected chi connectivity index (χ0v) is 12.1. The molecule has 1 aromatic carbocycles. The maximum absolute atomic E-state index is 11.8. The number of aryl methyl sites for hydroxylation is 1. The molecule has 108 valence electrons. The van der Waals surface area contributed by atoms with Crippen LogP contribution in [0.5, 0.6) is 0 Å². The van der Waals surface area contributed by atoms with Crippen molar-refractivity contribution in [3.8, 4) is 0 Å². The number of nitrogens with zero attached hydrogens (tertiary/aromatic N) is 1. The second kappa shape index (κ2) is 5.95. The van der Waals surface area contributed by atoms with E-state index in [4.69, 9.17) is 0 Å². The molecule has 2 aromatic rings. The van der Waals surface area contributed by atoms with E-state index in [0.29, 0.717) is 11.7 Å². The van der Waals surface area contributed by atoms with Crippen molar-refractivity contribution in [3.05, 3.63) is 59.4 Å². The number of anilines is 1. The van der Waals surface area contributed by atoms with Crippen LogP contribution >= 0.6 is 0 Å². The molecule has 0 spiro atoms. The van der Waals surface area contributed by atoms with Crippen molar-refractivity contribution in [3.63, 3.8) is 0 Å². The molecule has 0 aliphatic heterocycles. The molecule has 0 radical (unpaired) electrons. The number of aromatic nitrogens is 1. The van der Waals surface area contributed by atoms with Crippen molar-refractivity contribution in [1.29, 1.82) is 0 Å². The van der Waals surface area contributed by atoms with Crippen LogP contribution in [-0.4, -0.2) is 16.9 Å². The normalized spacial score (nSPS) is 13.8. The highest BCUT2D eigenvalue weighted by molar-refractivity contribution is 5.92. The fourth-order valence-electron chi connectivity index (χ4n) is 2.03. The van der Waals surface area contributed by atoms with E-state index in [9.17, 15) is 4.79 Å². The lowest BCUT2D eigenvalue weighted by molar-refractivity contribution is 0.0946. The molecule has 1 aliphatic rings. The van der Waals surface area contributed by atoms with Crippen LogP contribution in [0.1, 0.15) is 34.5 Å². The number of amides is 1. The Morgan fingerprint density at radius 2 is 1.95 bits per heavy atom. The monoisotopic (exact) mass is 281 g/mol. The topological polar surface area (TPSA) is 54.0 Å². The first-order valence-electron chi connectivity index (χ1n) is 7.27. The molecule has 1 fully saturated rings. The Bertz CT molecular complexity index is 615. The van der Waals surface area contributed by atoms with Crippen LogP contribution in [0.2, 0.25) is 0 Å². The molecule has 0 saturated heterocycles. The summed E-state index contributed by atoms with van der Waals surface area (Å²) >= 11 is 0. The second-order valence-corrected chi connectivity index (χ2v) is 5.52. The van der Waals surface area contributed by atoms with Gasteiger partial charge in [-0.05, 0) is 37.5 Å². The van der Waals surface area contributed by atoms with E-state index in [1.54, 1.807) is 12.3 Å². The molecule has 0 atom stereocenters. The van der Waals surface area contributed by atoms with Gasteiger partial charge in [-0.3, -0.25) is 4.79 Å². The molecule has 2 N–H and O–H groups in total. The first kappa shape index (κ1) is 13.6. The molecule has 4 heteroatoms.